The summed E-state index contributed by atoms with van der Waals surface area (Å²) in [6.45, 7) is 9.77. The maximum atomic E-state index is 12.9. The van der Waals surface area contributed by atoms with E-state index in [2.05, 4.69) is 26.0 Å². The minimum Gasteiger partial charge on any atom is -0.370 e. The molecule has 0 spiro atoms. The van der Waals surface area contributed by atoms with Crippen LogP contribution in [0.15, 0.2) is 42.5 Å². The van der Waals surface area contributed by atoms with Gasteiger partial charge in [-0.05, 0) is 73.1 Å². The van der Waals surface area contributed by atoms with Gasteiger partial charge in [0.2, 0.25) is 0 Å². The molecule has 0 aromatic heterocycles. The molecule has 176 valence electrons. The fourth-order valence-electron chi connectivity index (χ4n) is 3.99. The van der Waals surface area contributed by atoms with E-state index in [1.807, 2.05) is 19.9 Å². The first kappa shape index (κ1) is 26.0. The van der Waals surface area contributed by atoms with Gasteiger partial charge in [0.05, 0.1) is 0 Å². The Morgan fingerprint density at radius 2 is 1.19 bits per heavy atom. The summed E-state index contributed by atoms with van der Waals surface area (Å²) in [4.78, 5) is 0. The van der Waals surface area contributed by atoms with E-state index in [1.54, 1.807) is 19.1 Å². The van der Waals surface area contributed by atoms with E-state index < -0.39 is 18.0 Å². The highest BCUT2D eigenvalue weighted by Gasteiger charge is 2.68. The van der Waals surface area contributed by atoms with Crippen molar-refractivity contribution in [2.75, 3.05) is 0 Å². The molecule has 0 aliphatic rings. The lowest BCUT2D eigenvalue weighted by Gasteiger charge is -2.34. The Balaban J connectivity index is 2.54. The molecule has 7 heteroatoms. The molecule has 0 saturated heterocycles. The van der Waals surface area contributed by atoms with Crippen molar-refractivity contribution in [3.63, 3.8) is 0 Å². The summed E-state index contributed by atoms with van der Waals surface area (Å²) in [6.07, 6.45) is -9.80. The number of aryl methyl sites for hydroxylation is 3. The summed E-state index contributed by atoms with van der Waals surface area (Å²) in [5, 5.41) is 9.36. The molecule has 2 rings (SSSR count). The second-order valence-corrected chi connectivity index (χ2v) is 8.25. The highest BCUT2D eigenvalue weighted by Crippen LogP contribution is 2.45. The molecule has 2 aromatic rings. The van der Waals surface area contributed by atoms with Crippen LogP contribution in [0.2, 0.25) is 0 Å². The van der Waals surface area contributed by atoms with Crippen LogP contribution < -0.4 is 0 Å². The van der Waals surface area contributed by atoms with E-state index in [4.69, 9.17) is 0 Å². The van der Waals surface area contributed by atoms with Crippen LogP contribution in [-0.4, -0.2) is 23.1 Å². The fraction of sp³-hybridized carbons (Fsp3) is 0.440. The Morgan fingerprint density at radius 3 is 1.59 bits per heavy atom. The quantitative estimate of drug-likeness (QED) is 0.442. The summed E-state index contributed by atoms with van der Waals surface area (Å²) < 4.78 is 77.7. The Morgan fingerprint density at radius 1 is 0.719 bits per heavy atom. The van der Waals surface area contributed by atoms with Gasteiger partial charge in [0, 0.05) is 5.41 Å². The first-order valence-electron chi connectivity index (χ1n) is 10.4. The molecule has 0 amide bonds. The number of hydrogen-bond donors (Lipinski definition) is 1. The van der Waals surface area contributed by atoms with Crippen LogP contribution in [0.5, 0.6) is 0 Å². The van der Waals surface area contributed by atoms with Crippen LogP contribution in [0.3, 0.4) is 0 Å². The monoisotopic (exact) mass is 458 g/mol. The van der Waals surface area contributed by atoms with Crippen LogP contribution >= 0.6 is 0 Å². The maximum Gasteiger partial charge on any atom is 0.430 e. The van der Waals surface area contributed by atoms with Gasteiger partial charge in [-0.2, -0.15) is 26.3 Å². The predicted octanol–water partition coefficient (Wildman–Crippen LogP) is 7.59. The molecule has 0 bridgehead atoms. The Hall–Kier alpha value is -2.28. The highest BCUT2D eigenvalue weighted by molar-refractivity contribution is 5.57. The van der Waals surface area contributed by atoms with Gasteiger partial charge < -0.3 is 5.11 Å². The Labute approximate surface area is 184 Å². The van der Waals surface area contributed by atoms with Crippen molar-refractivity contribution in [1.82, 2.24) is 0 Å². The molecule has 0 saturated carbocycles. The maximum absolute atomic E-state index is 12.9. The minimum absolute atomic E-state index is 0.168. The van der Waals surface area contributed by atoms with Crippen molar-refractivity contribution in [2.24, 2.45) is 0 Å². The van der Waals surface area contributed by atoms with E-state index in [-0.39, 0.29) is 17.1 Å². The SMILES string of the molecule is CCC(CC)(c1ccc(C)c(C)c1)c1ccc(/C=C/C(O)(C(F)(F)F)C(F)(F)F)c(C)c1. The van der Waals surface area contributed by atoms with Crippen molar-refractivity contribution in [3.05, 3.63) is 75.9 Å². The van der Waals surface area contributed by atoms with E-state index in [0.29, 0.717) is 11.6 Å². The Bertz CT molecular complexity index is 967. The summed E-state index contributed by atoms with van der Waals surface area (Å²) in [5.41, 5.74) is -0.232. The summed E-state index contributed by atoms with van der Waals surface area (Å²) in [6, 6.07) is 11.2. The van der Waals surface area contributed by atoms with Crippen molar-refractivity contribution >= 4 is 6.08 Å². The highest BCUT2D eigenvalue weighted by atomic mass is 19.4. The summed E-state index contributed by atoms with van der Waals surface area (Å²) in [7, 11) is 0. The van der Waals surface area contributed by atoms with Gasteiger partial charge in [-0.3, -0.25) is 0 Å². The largest absolute Gasteiger partial charge is 0.430 e. The molecule has 0 aliphatic heterocycles. The molecular weight excluding hydrogens is 430 g/mol. The molecule has 0 atom stereocenters. The number of halogens is 6. The average molecular weight is 458 g/mol. The molecule has 1 N–H and O–H groups in total. The number of alkyl halides is 6. The lowest BCUT2D eigenvalue weighted by atomic mass is 9.69. The molecule has 2 aromatic carbocycles. The minimum atomic E-state index is -5.89. The Kier molecular flexibility index (Phi) is 7.25. The fourth-order valence-corrected chi connectivity index (χ4v) is 3.99. The van der Waals surface area contributed by atoms with Gasteiger partial charge in [0.1, 0.15) is 0 Å². The molecule has 0 aliphatic carbocycles. The van der Waals surface area contributed by atoms with Gasteiger partial charge in [-0.15, -0.1) is 0 Å². The smallest absolute Gasteiger partial charge is 0.370 e. The molecule has 0 radical (unpaired) electrons. The third kappa shape index (κ3) is 4.58. The second-order valence-electron chi connectivity index (χ2n) is 8.25. The standard InChI is InChI=1S/C25H28F6O/c1-6-22(7-2,20-10-8-16(3)17(4)14-20)21-11-9-19(18(5)15-21)12-13-23(32,24(26,27)28)25(29,30)31/h8-15,32H,6-7H2,1-5H3/b13-12+. The van der Waals surface area contributed by atoms with Crippen molar-refractivity contribution < 1.29 is 31.4 Å². The van der Waals surface area contributed by atoms with Crippen LogP contribution in [-0.2, 0) is 5.41 Å². The average Bonchev–Trinajstić information content (AvgIpc) is 2.69. The van der Waals surface area contributed by atoms with Gasteiger partial charge in [-0.25, -0.2) is 0 Å². The zero-order valence-electron chi connectivity index (χ0n) is 18.7. The first-order valence-corrected chi connectivity index (χ1v) is 10.4. The normalized spacial score (nSPS) is 13.8. The predicted molar refractivity (Wildman–Crippen MR) is 115 cm³/mol. The second kappa shape index (κ2) is 8.93. The van der Waals surface area contributed by atoms with Crippen molar-refractivity contribution in [2.45, 2.75) is 70.8 Å². The number of benzene rings is 2. The van der Waals surface area contributed by atoms with E-state index in [0.717, 1.165) is 35.1 Å². The topological polar surface area (TPSA) is 20.2 Å². The third-order valence-corrected chi connectivity index (χ3v) is 6.46. The van der Waals surface area contributed by atoms with Gasteiger partial charge in [-0.1, -0.05) is 56.3 Å². The van der Waals surface area contributed by atoms with E-state index in [9.17, 15) is 31.4 Å². The van der Waals surface area contributed by atoms with Gasteiger partial charge in [0.25, 0.3) is 5.60 Å². The lowest BCUT2D eigenvalue weighted by molar-refractivity contribution is -0.347. The zero-order chi connectivity index (χ0) is 24.5. The van der Waals surface area contributed by atoms with Crippen molar-refractivity contribution in [3.8, 4) is 0 Å². The van der Waals surface area contributed by atoms with Crippen LogP contribution in [0.1, 0.15) is 60.1 Å². The van der Waals surface area contributed by atoms with Crippen molar-refractivity contribution in [1.29, 1.82) is 0 Å². The molecule has 0 unspecified atom stereocenters. The molecule has 1 nitrogen and oxygen atoms in total. The third-order valence-electron chi connectivity index (χ3n) is 6.46. The molecular formula is C25H28F6O. The van der Waals surface area contributed by atoms with E-state index >= 15 is 0 Å². The number of aliphatic hydroxyl groups is 1. The van der Waals surface area contributed by atoms with Crippen LogP contribution in [0.25, 0.3) is 6.08 Å². The number of hydrogen-bond acceptors (Lipinski definition) is 1. The zero-order valence-corrected chi connectivity index (χ0v) is 18.7. The molecule has 0 heterocycles. The van der Waals surface area contributed by atoms with Gasteiger partial charge >= 0.3 is 12.4 Å². The first-order chi connectivity index (χ1) is 14.6. The summed E-state index contributed by atoms with van der Waals surface area (Å²) in [5.74, 6) is 0. The van der Waals surface area contributed by atoms with Gasteiger partial charge in [0.15, 0.2) is 0 Å². The lowest BCUT2D eigenvalue weighted by Crippen LogP contribution is -2.55. The number of rotatable bonds is 6. The summed E-state index contributed by atoms with van der Waals surface area (Å²) >= 11 is 0. The van der Waals surface area contributed by atoms with E-state index in [1.165, 1.54) is 6.07 Å². The van der Waals surface area contributed by atoms with Crippen LogP contribution in [0, 0.1) is 20.8 Å². The molecule has 32 heavy (non-hydrogen) atoms. The molecule has 0 fully saturated rings. The van der Waals surface area contributed by atoms with Crippen LogP contribution in [0.4, 0.5) is 26.3 Å².